The number of hydrogen-bond donors (Lipinski definition) is 2. The first-order valence-electron chi connectivity index (χ1n) is 8.30. The van der Waals surface area contributed by atoms with Crippen LogP contribution in [0.5, 0.6) is 0 Å². The van der Waals surface area contributed by atoms with Crippen LogP contribution in [0.1, 0.15) is 10.8 Å². The molecule has 0 spiro atoms. The second kappa shape index (κ2) is 8.26. The van der Waals surface area contributed by atoms with Crippen LogP contribution in [0.3, 0.4) is 0 Å². The van der Waals surface area contributed by atoms with Crippen LogP contribution in [0.4, 0.5) is 11.4 Å². The van der Waals surface area contributed by atoms with E-state index in [9.17, 15) is 17.8 Å². The molecule has 9 heteroatoms. The van der Waals surface area contributed by atoms with Crippen molar-refractivity contribution in [1.82, 2.24) is 0 Å². The van der Waals surface area contributed by atoms with Crippen LogP contribution in [-0.2, 0) is 19.6 Å². The molecule has 2 N–H and O–H groups in total. The fourth-order valence-electron chi connectivity index (χ4n) is 2.91. The molecular weight excluding hydrogens is 392 g/mol. The summed E-state index contributed by atoms with van der Waals surface area (Å²) in [5.41, 5.74) is 1.41. The van der Waals surface area contributed by atoms with Gasteiger partial charge in [-0.2, -0.15) is 8.42 Å². The number of halogens is 1. The minimum Gasteiger partial charge on any atom is -0.378 e. The number of carbonyl (C=O) groups excluding carboxylic acids is 1. The summed E-state index contributed by atoms with van der Waals surface area (Å²) < 4.78 is 38.5. The molecular formula is C18H19ClN2O5S. The van der Waals surface area contributed by atoms with Crippen molar-refractivity contribution in [2.45, 2.75) is 5.25 Å². The minimum atomic E-state index is -4.70. The lowest BCUT2D eigenvalue weighted by Gasteiger charge is -2.29. The summed E-state index contributed by atoms with van der Waals surface area (Å²) in [6.45, 7) is 2.88. The topological polar surface area (TPSA) is 95.9 Å². The van der Waals surface area contributed by atoms with Gasteiger partial charge in [0.1, 0.15) is 0 Å². The van der Waals surface area contributed by atoms with Gasteiger partial charge >= 0.3 is 0 Å². The number of morpholine rings is 1. The van der Waals surface area contributed by atoms with Crippen LogP contribution in [-0.4, -0.2) is 45.2 Å². The number of amides is 1. The Morgan fingerprint density at radius 2 is 1.74 bits per heavy atom. The summed E-state index contributed by atoms with van der Waals surface area (Å²) in [4.78, 5) is 14.7. The van der Waals surface area contributed by atoms with Gasteiger partial charge in [0.15, 0.2) is 5.25 Å². The van der Waals surface area contributed by atoms with Crippen LogP contribution in [0.25, 0.3) is 0 Å². The van der Waals surface area contributed by atoms with E-state index in [1.165, 1.54) is 12.1 Å². The molecule has 3 rings (SSSR count). The van der Waals surface area contributed by atoms with Crippen LogP contribution in [0, 0.1) is 0 Å². The molecule has 1 aliphatic heterocycles. The van der Waals surface area contributed by atoms with Crippen LogP contribution in [0.15, 0.2) is 48.5 Å². The molecule has 0 bridgehead atoms. The molecule has 0 radical (unpaired) electrons. The maximum absolute atomic E-state index is 12.6. The highest BCUT2D eigenvalue weighted by Gasteiger charge is 2.34. The van der Waals surface area contributed by atoms with Crippen molar-refractivity contribution in [2.24, 2.45) is 0 Å². The van der Waals surface area contributed by atoms with Gasteiger partial charge in [-0.15, -0.1) is 0 Å². The number of nitrogens with one attached hydrogen (secondary N) is 1. The molecule has 27 heavy (non-hydrogen) atoms. The zero-order valence-electron chi connectivity index (χ0n) is 14.3. The molecule has 0 aliphatic carbocycles. The fourth-order valence-corrected chi connectivity index (χ4v) is 4.08. The zero-order valence-corrected chi connectivity index (χ0v) is 15.9. The van der Waals surface area contributed by atoms with Gasteiger partial charge in [0.05, 0.1) is 13.2 Å². The molecule has 144 valence electrons. The highest BCUT2D eigenvalue weighted by molar-refractivity contribution is 7.86. The number of ether oxygens (including phenoxy) is 1. The Labute approximate surface area is 162 Å². The molecule has 1 fully saturated rings. The second-order valence-corrected chi connectivity index (χ2v) is 7.96. The quantitative estimate of drug-likeness (QED) is 0.736. The van der Waals surface area contributed by atoms with Gasteiger partial charge in [-0.3, -0.25) is 9.35 Å². The van der Waals surface area contributed by atoms with E-state index in [0.29, 0.717) is 18.9 Å². The van der Waals surface area contributed by atoms with Gasteiger partial charge < -0.3 is 15.0 Å². The van der Waals surface area contributed by atoms with Gasteiger partial charge in [0.25, 0.3) is 10.1 Å². The van der Waals surface area contributed by atoms with E-state index in [1.54, 1.807) is 24.3 Å². The Morgan fingerprint density at radius 1 is 1.11 bits per heavy atom. The fraction of sp³-hybridized carbons (Fsp3) is 0.278. The van der Waals surface area contributed by atoms with Gasteiger partial charge in [0.2, 0.25) is 5.91 Å². The molecule has 0 aromatic heterocycles. The highest BCUT2D eigenvalue weighted by atomic mass is 35.5. The minimum absolute atomic E-state index is 0.0177. The third kappa shape index (κ3) is 4.78. The van der Waals surface area contributed by atoms with Crippen LogP contribution >= 0.6 is 11.6 Å². The third-order valence-electron chi connectivity index (χ3n) is 4.23. The Balaban J connectivity index is 1.79. The first-order valence-corrected chi connectivity index (χ1v) is 10.2. The summed E-state index contributed by atoms with van der Waals surface area (Å²) in [5, 5.41) is 0.791. The first-order chi connectivity index (χ1) is 12.9. The normalized spacial score (nSPS) is 16.0. The van der Waals surface area contributed by atoms with Crippen LogP contribution in [0.2, 0.25) is 5.02 Å². The largest absolute Gasteiger partial charge is 0.378 e. The molecule has 1 amide bonds. The molecule has 0 saturated carbocycles. The molecule has 2 aromatic carbocycles. The van der Waals surface area contributed by atoms with Crippen molar-refractivity contribution in [3.05, 3.63) is 59.1 Å². The summed E-state index contributed by atoms with van der Waals surface area (Å²) >= 11 is 6.01. The molecule has 1 atom stereocenters. The summed E-state index contributed by atoms with van der Waals surface area (Å²) in [6.07, 6.45) is 0. The third-order valence-corrected chi connectivity index (χ3v) is 5.64. The van der Waals surface area contributed by atoms with Crippen molar-refractivity contribution in [3.63, 3.8) is 0 Å². The SMILES string of the molecule is O=C(Nc1ccc(N2CCOCC2)cc1)C(c1ccccc1Cl)S(=O)(=O)O. The van der Waals surface area contributed by atoms with Gasteiger partial charge in [-0.25, -0.2) is 0 Å². The zero-order chi connectivity index (χ0) is 19.4. The maximum atomic E-state index is 12.6. The van der Waals surface area contributed by atoms with Crippen molar-refractivity contribution in [1.29, 1.82) is 0 Å². The first kappa shape index (κ1) is 19.6. The Bertz CT molecular complexity index is 912. The lowest BCUT2D eigenvalue weighted by Crippen LogP contribution is -2.36. The average Bonchev–Trinajstić information content (AvgIpc) is 2.64. The van der Waals surface area contributed by atoms with E-state index in [2.05, 4.69) is 10.2 Å². The lowest BCUT2D eigenvalue weighted by molar-refractivity contribution is -0.116. The predicted octanol–water partition coefficient (Wildman–Crippen LogP) is 2.74. The number of benzene rings is 2. The second-order valence-electron chi connectivity index (χ2n) is 6.05. The Morgan fingerprint density at radius 3 is 2.33 bits per heavy atom. The lowest BCUT2D eigenvalue weighted by atomic mass is 10.1. The highest BCUT2D eigenvalue weighted by Crippen LogP contribution is 2.30. The maximum Gasteiger partial charge on any atom is 0.281 e. The van der Waals surface area contributed by atoms with E-state index < -0.39 is 21.3 Å². The van der Waals surface area contributed by atoms with Crippen molar-refractivity contribution in [2.75, 3.05) is 36.5 Å². The molecule has 1 saturated heterocycles. The van der Waals surface area contributed by atoms with Gasteiger partial charge in [-0.05, 0) is 30.3 Å². The van der Waals surface area contributed by atoms with Crippen molar-refractivity contribution in [3.8, 4) is 0 Å². The van der Waals surface area contributed by atoms with E-state index in [4.69, 9.17) is 16.3 Å². The van der Waals surface area contributed by atoms with E-state index in [1.807, 2.05) is 12.1 Å². The van der Waals surface area contributed by atoms with Gasteiger partial charge in [0, 0.05) is 35.1 Å². The Hall–Kier alpha value is -2.13. The van der Waals surface area contributed by atoms with Gasteiger partial charge in [-0.1, -0.05) is 29.8 Å². The summed E-state index contributed by atoms with van der Waals surface area (Å²) in [5.74, 6) is -0.885. The number of anilines is 2. The smallest absolute Gasteiger partial charge is 0.281 e. The summed E-state index contributed by atoms with van der Waals surface area (Å²) in [7, 11) is -4.70. The van der Waals surface area contributed by atoms with Crippen LogP contribution < -0.4 is 10.2 Å². The average molecular weight is 411 g/mol. The number of rotatable bonds is 5. The number of carbonyl (C=O) groups is 1. The predicted molar refractivity (Wildman–Crippen MR) is 104 cm³/mol. The monoisotopic (exact) mass is 410 g/mol. The molecule has 7 nitrogen and oxygen atoms in total. The molecule has 2 aromatic rings. The van der Waals surface area contributed by atoms with Crippen molar-refractivity contribution < 1.29 is 22.5 Å². The number of nitrogens with zero attached hydrogens (tertiary/aromatic N) is 1. The van der Waals surface area contributed by atoms with E-state index in [-0.39, 0.29) is 10.6 Å². The molecule has 1 unspecified atom stereocenters. The van der Waals surface area contributed by atoms with E-state index >= 15 is 0 Å². The summed E-state index contributed by atoms with van der Waals surface area (Å²) in [6, 6.07) is 13.0. The Kier molecular flexibility index (Phi) is 6.01. The molecule has 1 heterocycles. The number of hydrogen-bond acceptors (Lipinski definition) is 5. The standard InChI is InChI=1S/C18H19ClN2O5S/c19-16-4-2-1-3-15(16)17(27(23,24)25)18(22)20-13-5-7-14(8-6-13)21-9-11-26-12-10-21/h1-8,17H,9-12H2,(H,20,22)(H,23,24,25). The molecule has 1 aliphatic rings. The van der Waals surface area contributed by atoms with Crippen molar-refractivity contribution >= 4 is 39.0 Å². The van der Waals surface area contributed by atoms with E-state index in [0.717, 1.165) is 18.8 Å².